The fourth-order valence-corrected chi connectivity index (χ4v) is 3.40. The van der Waals surface area contributed by atoms with Crippen LogP contribution in [0.1, 0.15) is 55.3 Å². The highest BCUT2D eigenvalue weighted by Gasteiger charge is 2.24. The van der Waals surface area contributed by atoms with E-state index in [4.69, 9.17) is 10.5 Å². The fourth-order valence-electron chi connectivity index (χ4n) is 3.40. The molecular weight excluding hydrogens is 323 g/mol. The summed E-state index contributed by atoms with van der Waals surface area (Å²) < 4.78 is 18.5. The van der Waals surface area contributed by atoms with Crippen LogP contribution in [0, 0.1) is 11.7 Å². The van der Waals surface area contributed by atoms with Gasteiger partial charge in [-0.3, -0.25) is 9.59 Å². The van der Waals surface area contributed by atoms with Gasteiger partial charge < -0.3 is 15.8 Å². The topological polar surface area (TPSA) is 81.4 Å². The van der Waals surface area contributed by atoms with E-state index in [1.54, 1.807) is 0 Å². The van der Waals surface area contributed by atoms with Crippen LogP contribution in [-0.4, -0.2) is 31.4 Å². The van der Waals surface area contributed by atoms with Crippen LogP contribution in [0.15, 0.2) is 18.2 Å². The van der Waals surface area contributed by atoms with Crippen LogP contribution in [0.3, 0.4) is 0 Å². The Morgan fingerprint density at radius 2 is 2.00 bits per heavy atom. The van der Waals surface area contributed by atoms with Crippen LogP contribution < -0.4 is 15.8 Å². The molecule has 0 spiro atoms. The monoisotopic (exact) mass is 350 g/mol. The SMILES string of the molecule is COc1ccc(C(=O)CCC(=O)NC(CN)C2CCCCC2)cc1F. The second kappa shape index (κ2) is 9.51. The fraction of sp³-hybridized carbons (Fsp3) is 0.579. The van der Waals surface area contributed by atoms with E-state index in [1.807, 2.05) is 0 Å². The zero-order chi connectivity index (χ0) is 18.2. The number of Topliss-reactive ketones (excluding diaryl/α,β-unsaturated/α-hetero) is 1. The average Bonchev–Trinajstić information content (AvgIpc) is 2.64. The largest absolute Gasteiger partial charge is 0.494 e. The first kappa shape index (κ1) is 19.4. The summed E-state index contributed by atoms with van der Waals surface area (Å²) in [6, 6.07) is 4.04. The molecule has 0 heterocycles. The predicted octanol–water partition coefficient (Wildman–Crippen LogP) is 2.82. The molecule has 0 radical (unpaired) electrons. The minimum absolute atomic E-state index is 0.0265. The van der Waals surface area contributed by atoms with E-state index in [2.05, 4.69) is 5.32 Å². The van der Waals surface area contributed by atoms with Crippen molar-refractivity contribution in [2.45, 2.75) is 51.0 Å². The van der Waals surface area contributed by atoms with Crippen LogP contribution >= 0.6 is 0 Å². The lowest BCUT2D eigenvalue weighted by atomic mass is 9.84. The van der Waals surface area contributed by atoms with Gasteiger partial charge in [0.15, 0.2) is 17.3 Å². The van der Waals surface area contributed by atoms with Crippen molar-refractivity contribution in [3.63, 3.8) is 0 Å². The number of carbonyl (C=O) groups is 2. The zero-order valence-corrected chi connectivity index (χ0v) is 14.7. The molecule has 1 aromatic carbocycles. The maximum absolute atomic E-state index is 13.7. The van der Waals surface area contributed by atoms with E-state index in [0.717, 1.165) is 18.9 Å². The summed E-state index contributed by atoms with van der Waals surface area (Å²) in [5.41, 5.74) is 6.05. The number of hydrogen-bond acceptors (Lipinski definition) is 4. The van der Waals surface area contributed by atoms with Crippen LogP contribution in [0.4, 0.5) is 4.39 Å². The summed E-state index contributed by atoms with van der Waals surface area (Å²) in [4.78, 5) is 24.3. The van der Waals surface area contributed by atoms with Gasteiger partial charge in [0.1, 0.15) is 0 Å². The molecule has 1 atom stereocenters. The molecule has 3 N–H and O–H groups in total. The molecule has 2 rings (SSSR count). The lowest BCUT2D eigenvalue weighted by Crippen LogP contribution is -2.45. The van der Waals surface area contributed by atoms with Crippen molar-refractivity contribution in [2.24, 2.45) is 11.7 Å². The van der Waals surface area contributed by atoms with E-state index < -0.39 is 5.82 Å². The minimum atomic E-state index is -0.585. The molecule has 0 bridgehead atoms. The summed E-state index contributed by atoms with van der Waals surface area (Å²) in [7, 11) is 1.37. The first-order valence-corrected chi connectivity index (χ1v) is 8.91. The number of amides is 1. The highest BCUT2D eigenvalue weighted by molar-refractivity contribution is 5.98. The molecule has 1 amide bonds. The number of carbonyl (C=O) groups excluding carboxylic acids is 2. The molecule has 1 aliphatic carbocycles. The lowest BCUT2D eigenvalue weighted by molar-refractivity contribution is -0.122. The van der Waals surface area contributed by atoms with Crippen LogP contribution in [0.2, 0.25) is 0 Å². The molecule has 6 heteroatoms. The van der Waals surface area contributed by atoms with E-state index in [-0.39, 0.29) is 41.9 Å². The molecule has 1 fully saturated rings. The number of halogens is 1. The molecular formula is C19H27FN2O3. The molecule has 5 nitrogen and oxygen atoms in total. The van der Waals surface area contributed by atoms with Gasteiger partial charge in [0.05, 0.1) is 7.11 Å². The highest BCUT2D eigenvalue weighted by Crippen LogP contribution is 2.26. The Kier molecular flexibility index (Phi) is 7.37. The Morgan fingerprint density at radius 3 is 2.60 bits per heavy atom. The minimum Gasteiger partial charge on any atom is -0.494 e. The average molecular weight is 350 g/mol. The number of hydrogen-bond donors (Lipinski definition) is 2. The first-order chi connectivity index (χ1) is 12.0. The number of rotatable bonds is 8. The van der Waals surface area contributed by atoms with Gasteiger partial charge in [0.25, 0.3) is 0 Å². The third-order valence-electron chi connectivity index (χ3n) is 4.87. The summed E-state index contributed by atoms with van der Waals surface area (Å²) in [6.45, 7) is 0.411. The van der Waals surface area contributed by atoms with E-state index in [9.17, 15) is 14.0 Å². The van der Waals surface area contributed by atoms with Gasteiger partial charge >= 0.3 is 0 Å². The van der Waals surface area contributed by atoms with Crippen molar-refractivity contribution in [1.29, 1.82) is 0 Å². The molecule has 1 aromatic rings. The zero-order valence-electron chi connectivity index (χ0n) is 14.7. The van der Waals surface area contributed by atoms with E-state index in [0.29, 0.717) is 12.5 Å². The lowest BCUT2D eigenvalue weighted by Gasteiger charge is -2.30. The normalized spacial score (nSPS) is 16.3. The second-order valence-corrected chi connectivity index (χ2v) is 6.58. The van der Waals surface area contributed by atoms with Gasteiger partial charge in [0, 0.05) is 31.0 Å². The van der Waals surface area contributed by atoms with E-state index >= 15 is 0 Å². The Bertz CT molecular complexity index is 600. The number of nitrogens with one attached hydrogen (secondary N) is 1. The predicted molar refractivity (Wildman–Crippen MR) is 94.1 cm³/mol. The Hall–Kier alpha value is -1.95. The number of benzene rings is 1. The van der Waals surface area contributed by atoms with Gasteiger partial charge in [-0.15, -0.1) is 0 Å². The van der Waals surface area contributed by atoms with Gasteiger partial charge in [-0.2, -0.15) is 0 Å². The second-order valence-electron chi connectivity index (χ2n) is 6.58. The highest BCUT2D eigenvalue weighted by atomic mass is 19.1. The van der Waals surface area contributed by atoms with Crippen molar-refractivity contribution in [3.8, 4) is 5.75 Å². The Balaban J connectivity index is 1.83. The van der Waals surface area contributed by atoms with Crippen molar-refractivity contribution in [1.82, 2.24) is 5.32 Å². The van der Waals surface area contributed by atoms with Gasteiger partial charge in [0.2, 0.25) is 5.91 Å². The smallest absolute Gasteiger partial charge is 0.220 e. The number of nitrogens with two attached hydrogens (primary N) is 1. The summed E-state index contributed by atoms with van der Waals surface area (Å²) in [5.74, 6) is -0.512. The van der Waals surface area contributed by atoms with Crippen LogP contribution in [0.25, 0.3) is 0 Å². The third kappa shape index (κ3) is 5.53. The summed E-state index contributed by atoms with van der Waals surface area (Å²) >= 11 is 0. The number of ketones is 1. The van der Waals surface area contributed by atoms with Crippen LogP contribution in [-0.2, 0) is 4.79 Å². The van der Waals surface area contributed by atoms with Gasteiger partial charge in [-0.1, -0.05) is 19.3 Å². The number of ether oxygens (including phenoxy) is 1. The molecule has 1 aliphatic rings. The summed E-state index contributed by atoms with van der Waals surface area (Å²) in [6.07, 6.45) is 5.90. The van der Waals surface area contributed by atoms with E-state index in [1.165, 1.54) is 38.5 Å². The van der Waals surface area contributed by atoms with Gasteiger partial charge in [-0.05, 0) is 37.0 Å². The molecule has 0 aliphatic heterocycles. The van der Waals surface area contributed by atoms with Crippen molar-refractivity contribution >= 4 is 11.7 Å². The van der Waals surface area contributed by atoms with Gasteiger partial charge in [-0.25, -0.2) is 4.39 Å². The molecule has 0 saturated heterocycles. The van der Waals surface area contributed by atoms with Crippen LogP contribution in [0.5, 0.6) is 5.75 Å². The maximum Gasteiger partial charge on any atom is 0.220 e. The molecule has 138 valence electrons. The number of methoxy groups -OCH3 is 1. The summed E-state index contributed by atoms with van der Waals surface area (Å²) in [5, 5.41) is 2.96. The Morgan fingerprint density at radius 1 is 1.28 bits per heavy atom. The molecule has 1 unspecified atom stereocenters. The van der Waals surface area contributed by atoms with Crippen molar-refractivity contribution < 1.29 is 18.7 Å². The van der Waals surface area contributed by atoms with Crippen molar-refractivity contribution in [2.75, 3.05) is 13.7 Å². The molecule has 25 heavy (non-hydrogen) atoms. The maximum atomic E-state index is 13.7. The quantitative estimate of drug-likeness (QED) is 0.707. The van der Waals surface area contributed by atoms with Crippen molar-refractivity contribution in [3.05, 3.63) is 29.6 Å². The third-order valence-corrected chi connectivity index (χ3v) is 4.87. The molecule has 0 aromatic heterocycles. The first-order valence-electron chi connectivity index (χ1n) is 8.91. The molecule has 1 saturated carbocycles. The standard InChI is InChI=1S/C19H27FN2O3/c1-25-18-9-7-14(11-15(18)20)17(23)8-10-19(24)22-16(12-21)13-5-3-2-4-6-13/h7,9,11,13,16H,2-6,8,10,12,21H2,1H3,(H,22,24). The Labute approximate surface area is 148 Å².